The van der Waals surface area contributed by atoms with Crippen LogP contribution in [0.2, 0.25) is 0 Å². The van der Waals surface area contributed by atoms with Gasteiger partial charge in [-0.15, -0.1) is 0 Å². The summed E-state index contributed by atoms with van der Waals surface area (Å²) in [6.45, 7) is 9.48. The minimum atomic E-state index is -0.659. The zero-order valence-corrected chi connectivity index (χ0v) is 27.3. The molecule has 1 aliphatic carbocycles. The molecule has 248 valence electrons. The van der Waals surface area contributed by atoms with Crippen molar-refractivity contribution >= 4 is 18.1 Å². The van der Waals surface area contributed by atoms with E-state index in [9.17, 15) is 14.4 Å². The highest BCUT2D eigenvalue weighted by Gasteiger charge is 2.51. The van der Waals surface area contributed by atoms with E-state index in [1.165, 1.54) is 0 Å². The zero-order valence-electron chi connectivity index (χ0n) is 27.3. The first kappa shape index (κ1) is 32.3. The number of likely N-dealkylation sites (tertiary alicyclic amines) is 2. The van der Waals surface area contributed by atoms with E-state index >= 15 is 0 Å². The number of carbonyl (C=O) groups excluding carboxylic acids is 3. The second kappa shape index (κ2) is 13.6. The Morgan fingerprint density at radius 2 is 1.63 bits per heavy atom. The summed E-state index contributed by atoms with van der Waals surface area (Å²) < 4.78 is 23.7. The first-order valence-electron chi connectivity index (χ1n) is 16.6. The van der Waals surface area contributed by atoms with Gasteiger partial charge in [-0.05, 0) is 62.5 Å². The molecule has 46 heavy (non-hydrogen) atoms. The number of morpholine rings is 1. The van der Waals surface area contributed by atoms with Gasteiger partial charge in [-0.25, -0.2) is 9.59 Å². The third-order valence-corrected chi connectivity index (χ3v) is 9.64. The highest BCUT2D eigenvalue weighted by atomic mass is 16.6. The molecule has 10 heteroatoms. The monoisotopic (exact) mass is 633 g/mol. The lowest BCUT2D eigenvalue weighted by atomic mass is 9.62. The predicted octanol–water partition coefficient (Wildman–Crippen LogP) is 5.42. The number of rotatable bonds is 7. The lowest BCUT2D eigenvalue weighted by Gasteiger charge is -2.45. The number of amides is 3. The van der Waals surface area contributed by atoms with Crippen LogP contribution in [0.25, 0.3) is 0 Å². The van der Waals surface area contributed by atoms with E-state index in [2.05, 4.69) is 0 Å². The van der Waals surface area contributed by atoms with Crippen molar-refractivity contribution in [3.63, 3.8) is 0 Å². The molecule has 3 atom stereocenters. The summed E-state index contributed by atoms with van der Waals surface area (Å²) >= 11 is 0. The fourth-order valence-corrected chi connectivity index (χ4v) is 7.39. The standard InChI is InChI=1S/C36H47N3O7/c1-35(2,3)46-33(41)38-15-14-36(25-38)19-27(20-36)24-44-29-18-30(39(21-29)34(42)45-23-26-10-6-4-7-11-26)32(40)37-16-17-43-31(22-37)28-12-8-5-9-13-28/h4-13,27,29-31H,14-25H2,1-3H3/t27?,29-,30-,31-,36?/m0/s1. The van der Waals surface area contributed by atoms with Crippen molar-refractivity contribution in [2.45, 2.75) is 76.9 Å². The average Bonchev–Trinajstić information content (AvgIpc) is 3.68. The maximum absolute atomic E-state index is 14.0. The third-order valence-electron chi connectivity index (χ3n) is 9.64. The summed E-state index contributed by atoms with van der Waals surface area (Å²) in [6, 6.07) is 18.8. The molecule has 2 aromatic rings. The molecule has 0 aromatic heterocycles. The molecule has 4 aliphatic rings. The Labute approximate surface area is 271 Å². The molecule has 10 nitrogen and oxygen atoms in total. The second-order valence-electron chi connectivity index (χ2n) is 14.4. The van der Waals surface area contributed by atoms with Crippen LogP contribution < -0.4 is 0 Å². The van der Waals surface area contributed by atoms with Crippen LogP contribution in [0, 0.1) is 11.3 Å². The maximum atomic E-state index is 14.0. The van der Waals surface area contributed by atoms with Crippen LogP contribution in [0.4, 0.5) is 9.59 Å². The van der Waals surface area contributed by atoms with E-state index in [0.717, 1.165) is 43.5 Å². The Hall–Kier alpha value is -3.63. The lowest BCUT2D eigenvalue weighted by Crippen LogP contribution is -2.51. The topological polar surface area (TPSA) is 97.9 Å². The molecule has 4 fully saturated rings. The highest BCUT2D eigenvalue weighted by Crippen LogP contribution is 2.52. The molecule has 3 aliphatic heterocycles. The van der Waals surface area contributed by atoms with Crippen molar-refractivity contribution < 1.29 is 33.3 Å². The van der Waals surface area contributed by atoms with Gasteiger partial charge in [-0.3, -0.25) is 9.69 Å². The molecule has 0 N–H and O–H groups in total. The van der Waals surface area contributed by atoms with E-state index in [1.54, 1.807) is 4.90 Å². The van der Waals surface area contributed by atoms with Gasteiger partial charge in [0.2, 0.25) is 5.91 Å². The van der Waals surface area contributed by atoms with Crippen molar-refractivity contribution in [2.75, 3.05) is 45.9 Å². The Bertz CT molecular complexity index is 1360. The van der Waals surface area contributed by atoms with Crippen LogP contribution in [0.3, 0.4) is 0 Å². The lowest BCUT2D eigenvalue weighted by molar-refractivity contribution is -0.143. The summed E-state index contributed by atoms with van der Waals surface area (Å²) in [6.07, 6.45) is 2.19. The summed E-state index contributed by atoms with van der Waals surface area (Å²) in [5.41, 5.74) is 1.55. The molecule has 0 bridgehead atoms. The first-order valence-corrected chi connectivity index (χ1v) is 16.6. The van der Waals surface area contributed by atoms with Gasteiger partial charge in [0.05, 0.1) is 25.8 Å². The van der Waals surface area contributed by atoms with Crippen LogP contribution in [0.15, 0.2) is 60.7 Å². The minimum Gasteiger partial charge on any atom is -0.445 e. The SMILES string of the molecule is CC(C)(C)OC(=O)N1CCC2(CC(CO[C@H]3C[C@@H](C(=O)N4CCO[C@H](c5ccccc5)C4)N(C(=O)OCc4ccccc4)C3)C2)C1. The van der Waals surface area contributed by atoms with Gasteiger partial charge in [-0.1, -0.05) is 60.7 Å². The summed E-state index contributed by atoms with van der Waals surface area (Å²) in [4.78, 5) is 45.2. The van der Waals surface area contributed by atoms with E-state index < -0.39 is 17.7 Å². The van der Waals surface area contributed by atoms with Crippen LogP contribution >= 0.6 is 0 Å². The Morgan fingerprint density at radius 3 is 2.35 bits per heavy atom. The molecule has 3 saturated heterocycles. The number of nitrogens with zero attached hydrogens (tertiary/aromatic N) is 3. The number of benzene rings is 2. The molecule has 3 amide bonds. The van der Waals surface area contributed by atoms with E-state index in [1.807, 2.05) is 91.2 Å². The minimum absolute atomic E-state index is 0.0946. The van der Waals surface area contributed by atoms with Crippen LogP contribution in [-0.2, 0) is 30.3 Å². The summed E-state index contributed by atoms with van der Waals surface area (Å²) in [5, 5.41) is 0. The fraction of sp³-hybridized carbons (Fsp3) is 0.583. The van der Waals surface area contributed by atoms with Gasteiger partial charge >= 0.3 is 12.2 Å². The van der Waals surface area contributed by atoms with Gasteiger partial charge in [0.1, 0.15) is 24.4 Å². The Kier molecular flexibility index (Phi) is 9.57. The molecule has 6 rings (SSSR count). The van der Waals surface area contributed by atoms with Crippen molar-refractivity contribution in [1.29, 1.82) is 0 Å². The second-order valence-corrected chi connectivity index (χ2v) is 14.4. The van der Waals surface area contributed by atoms with Crippen molar-refractivity contribution in [3.8, 4) is 0 Å². The normalized spacial score (nSPS) is 27.8. The Balaban J connectivity index is 1.05. The molecule has 1 spiro atoms. The number of carbonyl (C=O) groups is 3. The quantitative estimate of drug-likeness (QED) is 0.402. The zero-order chi connectivity index (χ0) is 32.3. The number of hydrogen-bond donors (Lipinski definition) is 0. The maximum Gasteiger partial charge on any atom is 0.410 e. The fourth-order valence-electron chi connectivity index (χ4n) is 7.39. The predicted molar refractivity (Wildman–Crippen MR) is 171 cm³/mol. The van der Waals surface area contributed by atoms with Crippen molar-refractivity contribution in [1.82, 2.24) is 14.7 Å². The van der Waals surface area contributed by atoms with Gasteiger partial charge in [0.15, 0.2) is 0 Å². The van der Waals surface area contributed by atoms with E-state index in [4.69, 9.17) is 18.9 Å². The molecule has 0 unspecified atom stereocenters. The highest BCUT2D eigenvalue weighted by molar-refractivity contribution is 5.86. The van der Waals surface area contributed by atoms with Gasteiger partial charge in [0.25, 0.3) is 0 Å². The molecule has 2 aromatic carbocycles. The smallest absolute Gasteiger partial charge is 0.410 e. The number of ether oxygens (including phenoxy) is 4. The third kappa shape index (κ3) is 7.66. The molecule has 0 radical (unpaired) electrons. The van der Waals surface area contributed by atoms with E-state index in [-0.39, 0.29) is 36.2 Å². The summed E-state index contributed by atoms with van der Waals surface area (Å²) in [5.74, 6) is 0.292. The summed E-state index contributed by atoms with van der Waals surface area (Å²) in [7, 11) is 0. The van der Waals surface area contributed by atoms with Gasteiger partial charge in [0, 0.05) is 32.7 Å². The van der Waals surface area contributed by atoms with Crippen molar-refractivity contribution in [3.05, 3.63) is 71.8 Å². The van der Waals surface area contributed by atoms with E-state index in [0.29, 0.717) is 45.2 Å². The van der Waals surface area contributed by atoms with Crippen LogP contribution in [0.5, 0.6) is 0 Å². The van der Waals surface area contributed by atoms with Crippen LogP contribution in [0.1, 0.15) is 63.7 Å². The van der Waals surface area contributed by atoms with Crippen LogP contribution in [-0.4, -0.2) is 96.5 Å². The molecular formula is C36H47N3O7. The molecule has 3 heterocycles. The van der Waals surface area contributed by atoms with Gasteiger partial charge in [-0.2, -0.15) is 0 Å². The first-order chi connectivity index (χ1) is 22.1. The average molecular weight is 634 g/mol. The number of hydrogen-bond acceptors (Lipinski definition) is 7. The van der Waals surface area contributed by atoms with Crippen molar-refractivity contribution in [2.24, 2.45) is 11.3 Å². The largest absolute Gasteiger partial charge is 0.445 e. The molecule has 1 saturated carbocycles. The van der Waals surface area contributed by atoms with Gasteiger partial charge < -0.3 is 28.7 Å². The molecular weight excluding hydrogens is 586 g/mol. The Morgan fingerprint density at radius 1 is 0.913 bits per heavy atom.